The molecule has 13 heteroatoms. The molecule has 3 fully saturated rings. The molecule has 4 aliphatic rings. The van der Waals surface area contributed by atoms with Gasteiger partial charge < -0.3 is 19.6 Å². The number of hydrogen-bond donors (Lipinski definition) is 1. The maximum absolute atomic E-state index is 12.4. The third-order valence-electron chi connectivity index (χ3n) is 4.11. The van der Waals surface area contributed by atoms with Gasteiger partial charge in [0.1, 0.15) is 11.4 Å². The van der Waals surface area contributed by atoms with E-state index in [-0.39, 0.29) is 11.6 Å². The largest absolute Gasteiger partial charge is 0.463 e. The monoisotopic (exact) mass is 415 g/mol. The van der Waals surface area contributed by atoms with E-state index in [1.165, 1.54) is 6.08 Å². The van der Waals surface area contributed by atoms with Crippen LogP contribution in [0.4, 0.5) is 22.0 Å². The topological polar surface area (TPSA) is 80.5 Å². The molecule has 0 bridgehead atoms. The fraction of sp³-hybridized carbons (Fsp3) is 0.571. The molecule has 1 atom stereocenters. The average molecular weight is 415 g/mol. The highest BCUT2D eigenvalue weighted by Gasteiger charge is 2.61. The van der Waals surface area contributed by atoms with E-state index in [0.717, 1.165) is 39.3 Å². The van der Waals surface area contributed by atoms with E-state index in [4.69, 9.17) is 4.89 Å². The Balaban J connectivity index is 0.000000183. The quantitative estimate of drug-likeness (QED) is 0.315. The number of carbonyl (C=O) groups excluding carboxylic acids is 2. The summed E-state index contributed by atoms with van der Waals surface area (Å²) in [4.78, 5) is 38.0. The van der Waals surface area contributed by atoms with Crippen molar-refractivity contribution in [2.75, 3.05) is 39.3 Å². The van der Waals surface area contributed by atoms with Gasteiger partial charge in [-0.3, -0.25) is 14.2 Å². The Morgan fingerprint density at radius 3 is 1.63 bits per heavy atom. The van der Waals surface area contributed by atoms with E-state index in [2.05, 4.69) is 0 Å². The summed E-state index contributed by atoms with van der Waals surface area (Å²) in [7, 11) is -4.88. The molecule has 0 spiro atoms. The first-order valence-corrected chi connectivity index (χ1v) is 9.28. The minimum Gasteiger partial charge on any atom is -0.365 e. The average Bonchev–Trinajstić information content (AvgIpc) is 3.41. The highest BCUT2D eigenvalue weighted by molar-refractivity contribution is 7.39. The van der Waals surface area contributed by atoms with Crippen LogP contribution in [0.25, 0.3) is 0 Å². The highest BCUT2D eigenvalue weighted by atomic mass is 31.1. The first kappa shape index (κ1) is 19.8. The van der Waals surface area contributed by atoms with Gasteiger partial charge in [-0.1, -0.05) is 0 Å². The van der Waals surface area contributed by atoms with Crippen molar-refractivity contribution < 1.29 is 41.0 Å². The molecule has 1 unspecified atom stereocenters. The summed E-state index contributed by atoms with van der Waals surface area (Å²) in [6.07, 6.45) is -4.41. The first-order chi connectivity index (χ1) is 12.4. The summed E-state index contributed by atoms with van der Waals surface area (Å²) in [6.45, 7) is 5.41. The standard InChI is InChI=1S/C12H13N3O2.C2H2F5O2P/c16-9-7-8(13-1-2-13)12(17)11(15-5-6-15)10(9)14-3-4-14;3-1(4,5)2(6,7)10(8)9/h7H,1-6H2;10H,(H,8,9). The van der Waals surface area contributed by atoms with Gasteiger partial charge in [0.25, 0.3) is 8.03 Å². The van der Waals surface area contributed by atoms with Gasteiger partial charge in [-0.25, -0.2) is 0 Å². The lowest BCUT2D eigenvalue weighted by atomic mass is 10.0. The zero-order valence-electron chi connectivity index (χ0n) is 13.7. The van der Waals surface area contributed by atoms with Crippen molar-refractivity contribution in [3.05, 3.63) is 23.2 Å². The van der Waals surface area contributed by atoms with Gasteiger partial charge in [0.05, 0.1) is 5.70 Å². The third kappa shape index (κ3) is 4.01. The lowest BCUT2D eigenvalue weighted by Gasteiger charge is -2.21. The minimum atomic E-state index is -5.93. The third-order valence-corrected chi connectivity index (χ3v) is 4.93. The van der Waals surface area contributed by atoms with Crippen LogP contribution < -0.4 is 0 Å². The van der Waals surface area contributed by atoms with Crippen LogP contribution in [0.5, 0.6) is 0 Å². The Labute approximate surface area is 150 Å². The van der Waals surface area contributed by atoms with Crippen LogP contribution in [0.2, 0.25) is 0 Å². The molecular weight excluding hydrogens is 400 g/mol. The van der Waals surface area contributed by atoms with Gasteiger partial charge in [0, 0.05) is 45.3 Å². The van der Waals surface area contributed by atoms with E-state index >= 15 is 0 Å². The Hall–Kier alpha value is -1.94. The molecule has 1 aliphatic carbocycles. The lowest BCUT2D eigenvalue weighted by Crippen LogP contribution is -2.32. The molecule has 0 radical (unpaired) electrons. The number of alkyl halides is 5. The van der Waals surface area contributed by atoms with Crippen LogP contribution in [0, 0.1) is 0 Å². The first-order valence-electron chi connectivity index (χ1n) is 7.93. The molecule has 150 valence electrons. The minimum absolute atomic E-state index is 0.00546. The van der Waals surface area contributed by atoms with Gasteiger partial charge in [-0.15, -0.1) is 0 Å². The fourth-order valence-corrected chi connectivity index (χ4v) is 2.64. The molecule has 4 rings (SSSR count). The predicted molar refractivity (Wildman–Crippen MR) is 82.1 cm³/mol. The van der Waals surface area contributed by atoms with Crippen LogP contribution in [0.3, 0.4) is 0 Å². The SMILES string of the molecule is O=C1C=C(N2CC2)C(=O)C(N2CC2)=C1N1CC1.O=[PH](O)C(F)(F)C(F)(F)F. The van der Waals surface area contributed by atoms with E-state index in [1.807, 2.05) is 14.7 Å². The van der Waals surface area contributed by atoms with Crippen LogP contribution in [0.15, 0.2) is 23.2 Å². The number of halogens is 5. The number of allylic oxidation sites excluding steroid dienone is 1. The molecule has 0 saturated carbocycles. The molecule has 0 aromatic carbocycles. The lowest BCUT2D eigenvalue weighted by molar-refractivity contribution is -0.243. The zero-order valence-corrected chi connectivity index (χ0v) is 14.7. The Bertz CT molecular complexity index is 767. The smallest absolute Gasteiger partial charge is 0.365 e. The van der Waals surface area contributed by atoms with Crippen molar-refractivity contribution in [1.29, 1.82) is 0 Å². The van der Waals surface area contributed by atoms with Crippen LogP contribution >= 0.6 is 8.03 Å². The molecule has 0 aromatic rings. The van der Waals surface area contributed by atoms with Crippen LogP contribution in [-0.2, 0) is 14.2 Å². The van der Waals surface area contributed by atoms with Gasteiger partial charge in [0.15, 0.2) is 0 Å². The van der Waals surface area contributed by atoms with Gasteiger partial charge >= 0.3 is 11.8 Å². The molecule has 3 aliphatic heterocycles. The van der Waals surface area contributed by atoms with E-state index in [9.17, 15) is 36.1 Å². The maximum Gasteiger partial charge on any atom is 0.463 e. The second-order valence-corrected chi connectivity index (χ2v) is 7.50. The summed E-state index contributed by atoms with van der Waals surface area (Å²) in [6, 6.07) is 0. The summed E-state index contributed by atoms with van der Waals surface area (Å²) in [5.41, 5.74) is -3.57. The predicted octanol–water partition coefficient (Wildman–Crippen LogP) is 0.789. The second-order valence-electron chi connectivity index (χ2n) is 6.26. The highest BCUT2D eigenvalue weighted by Crippen LogP contribution is 2.50. The molecule has 0 aromatic heterocycles. The van der Waals surface area contributed by atoms with E-state index < -0.39 is 19.9 Å². The fourth-order valence-electron chi connectivity index (χ4n) is 2.40. The molecule has 3 saturated heterocycles. The van der Waals surface area contributed by atoms with Gasteiger partial charge in [0.2, 0.25) is 11.6 Å². The molecule has 3 heterocycles. The van der Waals surface area contributed by atoms with Crippen molar-refractivity contribution in [1.82, 2.24) is 14.7 Å². The molecule has 0 amide bonds. The molecule has 27 heavy (non-hydrogen) atoms. The summed E-state index contributed by atoms with van der Waals surface area (Å²) < 4.78 is 65.2. The summed E-state index contributed by atoms with van der Waals surface area (Å²) >= 11 is 0. The van der Waals surface area contributed by atoms with Crippen molar-refractivity contribution in [2.24, 2.45) is 0 Å². The Morgan fingerprint density at radius 1 is 0.852 bits per heavy atom. The van der Waals surface area contributed by atoms with Gasteiger partial charge in [-0.2, -0.15) is 22.0 Å². The van der Waals surface area contributed by atoms with Crippen molar-refractivity contribution in [3.8, 4) is 0 Å². The van der Waals surface area contributed by atoms with Crippen LogP contribution in [-0.4, -0.2) is 82.3 Å². The molecule has 7 nitrogen and oxygen atoms in total. The number of ketones is 2. The number of Topliss-reactive ketones (excluding diaryl/α,β-unsaturated/α-hetero) is 1. The number of rotatable bonds is 4. The number of carbonyl (C=O) groups is 2. The van der Waals surface area contributed by atoms with Crippen LogP contribution in [0.1, 0.15) is 0 Å². The Morgan fingerprint density at radius 2 is 1.30 bits per heavy atom. The van der Waals surface area contributed by atoms with Crippen molar-refractivity contribution >= 4 is 19.6 Å². The number of hydrogen-bond acceptors (Lipinski definition) is 6. The Kier molecular flexibility index (Phi) is 4.84. The van der Waals surface area contributed by atoms with Crippen molar-refractivity contribution in [2.45, 2.75) is 11.8 Å². The summed E-state index contributed by atoms with van der Waals surface area (Å²) in [5, 5.41) is 0. The van der Waals surface area contributed by atoms with E-state index in [1.54, 1.807) is 0 Å². The van der Waals surface area contributed by atoms with E-state index in [0.29, 0.717) is 17.1 Å². The molecular formula is C14H15F5N3O4P. The maximum atomic E-state index is 12.4. The normalized spacial score (nSPS) is 23.0. The van der Waals surface area contributed by atoms with Gasteiger partial charge in [-0.05, 0) is 0 Å². The number of nitrogens with zero attached hydrogens (tertiary/aromatic N) is 3. The summed E-state index contributed by atoms with van der Waals surface area (Å²) in [5.74, 6) is 0.0485. The molecule has 1 N–H and O–H groups in total. The second kappa shape index (κ2) is 6.59. The van der Waals surface area contributed by atoms with Crippen molar-refractivity contribution in [3.63, 3.8) is 0 Å². The zero-order chi connectivity index (χ0) is 20.1.